The lowest BCUT2D eigenvalue weighted by molar-refractivity contribution is 0.0791. The number of amides is 1. The van der Waals surface area contributed by atoms with Gasteiger partial charge in [0.05, 0.1) is 10.7 Å². The highest BCUT2D eigenvalue weighted by Crippen LogP contribution is 2.26. The van der Waals surface area contributed by atoms with Gasteiger partial charge >= 0.3 is 0 Å². The highest BCUT2D eigenvalue weighted by atomic mass is 32.2. The van der Waals surface area contributed by atoms with Crippen molar-refractivity contribution in [2.75, 3.05) is 13.6 Å². The predicted octanol–water partition coefficient (Wildman–Crippen LogP) is 5.34. The largest absolute Gasteiger partial charge is 0.342 e. The molecule has 1 fully saturated rings. The average Bonchev–Trinajstić information content (AvgIpc) is 3.46. The first-order chi connectivity index (χ1) is 16.0. The van der Waals surface area contributed by atoms with Crippen LogP contribution in [0.4, 0.5) is 4.39 Å². The van der Waals surface area contributed by atoms with Crippen LogP contribution in [0.2, 0.25) is 0 Å². The molecule has 8 heteroatoms. The van der Waals surface area contributed by atoms with Gasteiger partial charge in [-0.25, -0.2) is 9.37 Å². The number of nitrogens with one attached hydrogen (secondary N) is 2. The number of rotatable bonds is 9. The molecular weight excluding hydrogens is 455 g/mol. The molecule has 1 aromatic heterocycles. The van der Waals surface area contributed by atoms with Crippen LogP contribution < -0.4 is 10.9 Å². The van der Waals surface area contributed by atoms with E-state index in [0.717, 1.165) is 46.2 Å². The number of hydrogen-bond donors (Lipinski definition) is 2. The minimum Gasteiger partial charge on any atom is -0.342 e. The minimum absolute atomic E-state index is 0.0387. The quantitative estimate of drug-likeness (QED) is 0.402. The summed E-state index contributed by atoms with van der Waals surface area (Å²) < 4.78 is 13.5. The molecule has 33 heavy (non-hydrogen) atoms. The van der Waals surface area contributed by atoms with Crippen molar-refractivity contribution in [2.45, 2.75) is 48.9 Å². The molecule has 5 nitrogen and oxygen atoms in total. The average molecular weight is 485 g/mol. The number of benzene rings is 2. The maximum absolute atomic E-state index is 13.5. The van der Waals surface area contributed by atoms with Gasteiger partial charge in [0.15, 0.2) is 0 Å². The Labute approximate surface area is 202 Å². The second-order valence-corrected chi connectivity index (χ2v) is 10.5. The summed E-state index contributed by atoms with van der Waals surface area (Å²) in [5.74, 6) is 0.665. The Morgan fingerprint density at radius 2 is 2.06 bits per heavy atom. The number of hydrogen-bond acceptors (Lipinski definition) is 6. The molecule has 2 heterocycles. The lowest BCUT2D eigenvalue weighted by Crippen LogP contribution is -2.32. The Morgan fingerprint density at radius 3 is 2.79 bits per heavy atom. The minimum atomic E-state index is -0.209. The van der Waals surface area contributed by atoms with Crippen LogP contribution in [-0.4, -0.2) is 35.4 Å². The summed E-state index contributed by atoms with van der Waals surface area (Å²) in [5, 5.41) is 3.18. The van der Waals surface area contributed by atoms with Crippen molar-refractivity contribution in [3.05, 3.63) is 81.6 Å². The van der Waals surface area contributed by atoms with Crippen molar-refractivity contribution in [3.8, 4) is 0 Å². The molecule has 1 aliphatic heterocycles. The van der Waals surface area contributed by atoms with Gasteiger partial charge < -0.3 is 4.90 Å². The lowest BCUT2D eigenvalue weighted by atomic mass is 9.99. The first-order valence-electron chi connectivity index (χ1n) is 11.1. The molecule has 2 unspecified atom stereocenters. The van der Waals surface area contributed by atoms with E-state index in [4.69, 9.17) is 0 Å². The topological polar surface area (TPSA) is 57.3 Å². The van der Waals surface area contributed by atoms with Crippen molar-refractivity contribution < 1.29 is 9.18 Å². The standard InChI is InChI=1S/C25H29FN4OS2/c1-17-27-22(15-32-17)16-33-23-10-8-18(9-11-23)25(31)30(2)12-4-7-21-14-24(29-28-21)19-5-3-6-20(26)13-19/h3,5-6,8-11,13,15,21,24,28-29H,4,7,12,14,16H2,1-2H3. The van der Waals surface area contributed by atoms with Gasteiger partial charge in [0.1, 0.15) is 5.82 Å². The maximum Gasteiger partial charge on any atom is 0.253 e. The number of thiazole rings is 1. The predicted molar refractivity (Wildman–Crippen MR) is 133 cm³/mol. The van der Waals surface area contributed by atoms with Gasteiger partial charge in [0.25, 0.3) is 5.91 Å². The van der Waals surface area contributed by atoms with Gasteiger partial charge in [-0.05, 0) is 68.1 Å². The zero-order valence-corrected chi connectivity index (χ0v) is 20.5. The van der Waals surface area contributed by atoms with Crippen LogP contribution >= 0.6 is 23.1 Å². The Balaban J connectivity index is 1.19. The summed E-state index contributed by atoms with van der Waals surface area (Å²) in [6, 6.07) is 15.0. The summed E-state index contributed by atoms with van der Waals surface area (Å²) in [6.07, 6.45) is 2.75. The molecule has 0 bridgehead atoms. The van der Waals surface area contributed by atoms with Crippen LogP contribution in [0, 0.1) is 12.7 Å². The van der Waals surface area contributed by atoms with Crippen molar-refractivity contribution >= 4 is 29.0 Å². The van der Waals surface area contributed by atoms with Crippen molar-refractivity contribution in [2.24, 2.45) is 0 Å². The van der Waals surface area contributed by atoms with E-state index in [1.165, 1.54) is 6.07 Å². The number of halogens is 1. The van der Waals surface area contributed by atoms with Crippen LogP contribution in [0.3, 0.4) is 0 Å². The van der Waals surface area contributed by atoms with Gasteiger partial charge in [-0.15, -0.1) is 23.1 Å². The number of nitrogens with zero attached hydrogens (tertiary/aromatic N) is 2. The second-order valence-electron chi connectivity index (χ2n) is 8.37. The fraction of sp³-hybridized carbons (Fsp3) is 0.360. The summed E-state index contributed by atoms with van der Waals surface area (Å²) in [6.45, 7) is 2.71. The van der Waals surface area contributed by atoms with Gasteiger partial charge in [-0.1, -0.05) is 12.1 Å². The van der Waals surface area contributed by atoms with E-state index in [-0.39, 0.29) is 17.8 Å². The Hall–Kier alpha value is -2.26. The third-order valence-corrected chi connectivity index (χ3v) is 7.65. The van der Waals surface area contributed by atoms with Crippen LogP contribution in [0.25, 0.3) is 0 Å². The SMILES string of the molecule is Cc1nc(CSc2ccc(C(=O)N(C)CCCC3CC(c4cccc(F)c4)NN3)cc2)cs1. The first kappa shape index (κ1) is 23.9. The molecule has 1 aliphatic rings. The number of carbonyl (C=O) groups is 1. The van der Waals surface area contributed by atoms with Crippen LogP contribution in [-0.2, 0) is 5.75 Å². The molecule has 1 amide bonds. The molecule has 4 rings (SSSR count). The highest BCUT2D eigenvalue weighted by molar-refractivity contribution is 7.98. The summed E-state index contributed by atoms with van der Waals surface area (Å²) in [5.41, 5.74) is 9.33. The van der Waals surface area contributed by atoms with E-state index >= 15 is 0 Å². The van der Waals surface area contributed by atoms with Crippen molar-refractivity contribution in [1.29, 1.82) is 0 Å². The first-order valence-corrected chi connectivity index (χ1v) is 13.0. The number of aryl methyl sites for hydroxylation is 1. The van der Waals surface area contributed by atoms with Gasteiger partial charge in [0, 0.05) is 47.3 Å². The molecule has 0 saturated carbocycles. The molecular formula is C25H29FN4OS2. The fourth-order valence-corrected chi connectivity index (χ4v) is 5.48. The number of carbonyl (C=O) groups excluding carboxylic acids is 1. The molecule has 1 saturated heterocycles. The molecule has 0 radical (unpaired) electrons. The van der Waals surface area contributed by atoms with Crippen LogP contribution in [0.15, 0.2) is 58.8 Å². The summed E-state index contributed by atoms with van der Waals surface area (Å²) in [4.78, 5) is 20.2. The molecule has 2 atom stereocenters. The normalized spacial score (nSPS) is 17.9. The summed E-state index contributed by atoms with van der Waals surface area (Å²) >= 11 is 3.40. The highest BCUT2D eigenvalue weighted by Gasteiger charge is 2.25. The van der Waals surface area contributed by atoms with Crippen LogP contribution in [0.1, 0.15) is 51.9 Å². The third kappa shape index (κ3) is 6.63. The zero-order valence-electron chi connectivity index (χ0n) is 18.9. The van der Waals surface area contributed by atoms with Crippen molar-refractivity contribution in [3.63, 3.8) is 0 Å². The van der Waals surface area contributed by atoms with E-state index in [9.17, 15) is 9.18 Å². The number of hydrazine groups is 1. The van der Waals surface area contributed by atoms with E-state index < -0.39 is 0 Å². The van der Waals surface area contributed by atoms with Gasteiger partial charge in [0.2, 0.25) is 0 Å². The molecule has 3 aromatic rings. The molecule has 174 valence electrons. The molecule has 0 aliphatic carbocycles. The van der Waals surface area contributed by atoms with Crippen LogP contribution in [0.5, 0.6) is 0 Å². The fourth-order valence-electron chi connectivity index (χ4n) is 3.98. The molecule has 0 spiro atoms. The number of aromatic nitrogens is 1. The Bertz CT molecular complexity index is 1070. The van der Waals surface area contributed by atoms with Gasteiger partial charge in [-0.3, -0.25) is 15.6 Å². The Morgan fingerprint density at radius 1 is 1.24 bits per heavy atom. The molecule has 2 aromatic carbocycles. The van der Waals surface area contributed by atoms with E-state index in [2.05, 4.69) is 21.2 Å². The lowest BCUT2D eigenvalue weighted by Gasteiger charge is -2.18. The number of thioether (sulfide) groups is 1. The zero-order chi connectivity index (χ0) is 23.2. The monoisotopic (exact) mass is 484 g/mol. The van der Waals surface area contributed by atoms with E-state index in [1.54, 1.807) is 40.1 Å². The smallest absolute Gasteiger partial charge is 0.253 e. The Kier molecular flexibility index (Phi) is 8.14. The van der Waals surface area contributed by atoms with Crippen molar-refractivity contribution in [1.82, 2.24) is 20.7 Å². The van der Waals surface area contributed by atoms with E-state index in [0.29, 0.717) is 18.2 Å². The summed E-state index contributed by atoms with van der Waals surface area (Å²) in [7, 11) is 1.85. The van der Waals surface area contributed by atoms with Gasteiger partial charge in [-0.2, -0.15) is 0 Å². The van der Waals surface area contributed by atoms with E-state index in [1.807, 2.05) is 44.3 Å². The maximum atomic E-state index is 13.5. The second kappa shape index (κ2) is 11.2. The third-order valence-electron chi connectivity index (χ3n) is 5.78. The molecule has 2 N–H and O–H groups in total.